The second-order valence-corrected chi connectivity index (χ2v) is 15.1. The summed E-state index contributed by atoms with van der Waals surface area (Å²) in [4.78, 5) is 39.8. The number of aromatic nitrogens is 4. The highest BCUT2D eigenvalue weighted by Gasteiger charge is 2.62. The lowest BCUT2D eigenvalue weighted by atomic mass is 9.97. The van der Waals surface area contributed by atoms with Crippen molar-refractivity contribution in [1.29, 1.82) is 0 Å². The lowest BCUT2D eigenvalue weighted by Crippen LogP contribution is -2.40. The number of carbonyl (C=O) groups excluding carboxylic acids is 2. The maximum absolute atomic E-state index is 14.4. The van der Waals surface area contributed by atoms with E-state index in [1.54, 1.807) is 34.8 Å². The van der Waals surface area contributed by atoms with Crippen LogP contribution in [-0.2, 0) is 4.79 Å². The number of carbonyl (C=O) groups is 2. The molecular formula is C36H47F3N8O3S. The van der Waals surface area contributed by atoms with Gasteiger partial charge in [0.25, 0.3) is 5.91 Å². The molecule has 15 heteroatoms. The Morgan fingerprint density at radius 2 is 1.92 bits per heavy atom. The van der Waals surface area contributed by atoms with Crippen LogP contribution in [0.4, 0.5) is 24.8 Å². The second kappa shape index (κ2) is 15.5. The van der Waals surface area contributed by atoms with Gasteiger partial charge in [-0.25, -0.2) is 14.6 Å². The van der Waals surface area contributed by atoms with Crippen molar-refractivity contribution in [2.75, 3.05) is 42.6 Å². The summed E-state index contributed by atoms with van der Waals surface area (Å²) in [5.41, 5.74) is 3.86. The van der Waals surface area contributed by atoms with Crippen LogP contribution in [0.3, 0.4) is 0 Å². The summed E-state index contributed by atoms with van der Waals surface area (Å²) in [5.74, 6) is 1.51. The van der Waals surface area contributed by atoms with Crippen molar-refractivity contribution in [3.63, 3.8) is 0 Å². The fourth-order valence-corrected chi connectivity index (χ4v) is 7.46. The molecule has 11 nitrogen and oxygen atoms in total. The third-order valence-corrected chi connectivity index (χ3v) is 10.3. The van der Waals surface area contributed by atoms with Crippen molar-refractivity contribution in [1.82, 2.24) is 24.1 Å². The summed E-state index contributed by atoms with van der Waals surface area (Å²) in [6.07, 6.45) is 1.14. The average Bonchev–Trinajstić information content (AvgIpc) is 3.64. The molecule has 3 aromatic heterocycles. The number of alkyl halides is 3. The Balaban J connectivity index is 1.40. The molecule has 0 bridgehead atoms. The first-order valence-electron chi connectivity index (χ1n) is 17.3. The summed E-state index contributed by atoms with van der Waals surface area (Å²) in [5, 5.41) is 5.03. The van der Waals surface area contributed by atoms with Crippen LogP contribution in [0.2, 0.25) is 0 Å². The molecule has 2 aliphatic rings. The topological polar surface area (TPSA) is 123 Å². The average molecular weight is 729 g/mol. The Hall–Kier alpha value is -4.27. The molecule has 0 spiro atoms. The first-order valence-corrected chi connectivity index (χ1v) is 18.1. The third-order valence-electron chi connectivity index (χ3n) is 9.38. The van der Waals surface area contributed by atoms with E-state index in [9.17, 15) is 22.8 Å². The minimum Gasteiger partial charge on any atom is -0.477 e. The largest absolute Gasteiger partial charge is 0.477 e. The molecule has 2 N–H and O–H groups in total. The van der Waals surface area contributed by atoms with E-state index in [0.29, 0.717) is 53.6 Å². The molecule has 5 rings (SSSR count). The van der Waals surface area contributed by atoms with Crippen LogP contribution in [0, 0.1) is 11.3 Å². The fourth-order valence-electron chi connectivity index (χ4n) is 6.60. The van der Waals surface area contributed by atoms with Crippen molar-refractivity contribution < 1.29 is 27.5 Å². The third kappa shape index (κ3) is 8.97. The van der Waals surface area contributed by atoms with Crippen LogP contribution in [0.5, 0.6) is 5.88 Å². The Labute approximate surface area is 301 Å². The van der Waals surface area contributed by atoms with Gasteiger partial charge in [-0.3, -0.25) is 13.9 Å². The lowest BCUT2D eigenvalue weighted by Gasteiger charge is -2.34. The summed E-state index contributed by atoms with van der Waals surface area (Å²) in [7, 11) is 0. The number of anilines is 2. The highest BCUT2D eigenvalue weighted by Crippen LogP contribution is 2.59. The highest BCUT2D eigenvalue weighted by molar-refractivity contribution is 7.97. The molecule has 0 radical (unpaired) electrons. The first-order chi connectivity index (χ1) is 24.2. The van der Waals surface area contributed by atoms with Crippen molar-refractivity contribution in [3.05, 3.63) is 60.8 Å². The molecule has 1 unspecified atom stereocenters. The number of nitrogens with two attached hydrogens (primary N) is 1. The first kappa shape index (κ1) is 38.0. The van der Waals surface area contributed by atoms with Gasteiger partial charge in [-0.2, -0.15) is 13.2 Å². The predicted octanol–water partition coefficient (Wildman–Crippen LogP) is 6.83. The van der Waals surface area contributed by atoms with Crippen molar-refractivity contribution in [2.24, 2.45) is 17.1 Å². The molecule has 2 fully saturated rings. The van der Waals surface area contributed by atoms with Crippen LogP contribution in [-0.4, -0.2) is 80.4 Å². The SMILES string of the molecule is C=CCN(Sc1cccc(N(CCC)CCC(N)=O)n1)C(=O)c1ccc(-n2ccc(OCCC3(C(F)(F)F)CC3)n2)nc1N1CC(C)CC1(C)C. The molecule has 3 aromatic rings. The minimum atomic E-state index is -4.24. The number of rotatable bonds is 17. The Morgan fingerprint density at radius 1 is 1.16 bits per heavy atom. The molecule has 276 valence electrons. The monoisotopic (exact) mass is 728 g/mol. The zero-order chi connectivity index (χ0) is 37.0. The normalized spacial score (nSPS) is 17.6. The van der Waals surface area contributed by atoms with Crippen molar-refractivity contribution in [3.8, 4) is 11.7 Å². The fraction of sp³-hybridized carbons (Fsp3) is 0.528. The number of ether oxygens (including phenoxy) is 1. The number of hydrogen-bond donors (Lipinski definition) is 1. The molecule has 51 heavy (non-hydrogen) atoms. The van der Waals surface area contributed by atoms with Crippen LogP contribution in [0.15, 0.2) is 60.3 Å². The van der Waals surface area contributed by atoms with E-state index in [1.807, 2.05) is 30.0 Å². The summed E-state index contributed by atoms with van der Waals surface area (Å²) in [6.45, 7) is 14.3. The van der Waals surface area contributed by atoms with Gasteiger partial charge in [0.15, 0.2) is 5.82 Å². The molecule has 1 aliphatic carbocycles. The Morgan fingerprint density at radius 3 is 2.55 bits per heavy atom. The molecule has 1 saturated heterocycles. The van der Waals surface area contributed by atoms with Crippen molar-refractivity contribution in [2.45, 2.75) is 83.0 Å². The quantitative estimate of drug-likeness (QED) is 0.118. The van der Waals surface area contributed by atoms with E-state index in [-0.39, 0.29) is 62.1 Å². The van der Waals surface area contributed by atoms with E-state index >= 15 is 0 Å². The number of primary amides is 1. The summed E-state index contributed by atoms with van der Waals surface area (Å²) in [6, 6.07) is 10.6. The van der Waals surface area contributed by atoms with Gasteiger partial charge in [0, 0.05) is 55.8 Å². The molecule has 2 amide bonds. The molecule has 4 heterocycles. The standard InChI is InChI=1S/C36H47F3N8O3S/c1-6-18-44(20-13-27(40)48)28-9-8-10-31(41-28)51-47(19-7-2)33(49)26-11-12-29(42-32(26)45-24-25(3)23-34(45,4)5)46-21-14-30(43-46)50-22-17-35(15-16-35)36(37,38)39/h7-12,14,21,25H,2,6,13,15-20,22-24H2,1,3-5H3,(H2,40,48). The van der Waals surface area contributed by atoms with Crippen LogP contribution in [0.25, 0.3) is 5.82 Å². The lowest BCUT2D eigenvalue weighted by molar-refractivity contribution is -0.190. The summed E-state index contributed by atoms with van der Waals surface area (Å²) < 4.78 is 48.8. The molecule has 1 atom stereocenters. The van der Waals surface area contributed by atoms with Gasteiger partial charge in [0.1, 0.15) is 16.7 Å². The molecule has 0 aromatic carbocycles. The predicted molar refractivity (Wildman–Crippen MR) is 192 cm³/mol. The van der Waals surface area contributed by atoms with Gasteiger partial charge in [-0.05, 0) is 76.1 Å². The van der Waals surface area contributed by atoms with E-state index < -0.39 is 11.6 Å². The maximum Gasteiger partial charge on any atom is 0.394 e. The number of hydrogen-bond acceptors (Lipinski definition) is 9. The smallest absolute Gasteiger partial charge is 0.394 e. The van der Waals surface area contributed by atoms with E-state index in [0.717, 1.165) is 12.8 Å². The highest BCUT2D eigenvalue weighted by atomic mass is 32.2. The van der Waals surface area contributed by atoms with Gasteiger partial charge < -0.3 is 20.3 Å². The maximum atomic E-state index is 14.4. The zero-order valence-corrected chi connectivity index (χ0v) is 30.5. The number of pyridine rings is 2. The molecule has 1 aliphatic heterocycles. The van der Waals surface area contributed by atoms with Crippen molar-refractivity contribution >= 4 is 35.4 Å². The second-order valence-electron chi connectivity index (χ2n) is 14.0. The Kier molecular flexibility index (Phi) is 11.6. The molecule has 1 saturated carbocycles. The number of amides is 2. The van der Waals surface area contributed by atoms with E-state index in [2.05, 4.69) is 37.3 Å². The Bertz CT molecular complexity index is 1710. The zero-order valence-electron chi connectivity index (χ0n) is 29.7. The van der Waals surface area contributed by atoms with Crippen LogP contribution in [0.1, 0.15) is 76.6 Å². The van der Waals surface area contributed by atoms with E-state index in [4.69, 9.17) is 20.4 Å². The molecular weight excluding hydrogens is 682 g/mol. The van der Waals surface area contributed by atoms with E-state index in [1.165, 1.54) is 16.6 Å². The van der Waals surface area contributed by atoms with Gasteiger partial charge in [-0.15, -0.1) is 11.7 Å². The number of nitrogens with zero attached hydrogens (tertiary/aromatic N) is 7. The number of halogens is 3. The van der Waals surface area contributed by atoms with Crippen LogP contribution < -0.4 is 20.3 Å². The summed E-state index contributed by atoms with van der Waals surface area (Å²) >= 11 is 1.19. The van der Waals surface area contributed by atoms with Gasteiger partial charge in [0.05, 0.1) is 24.1 Å². The minimum absolute atomic E-state index is 0.0962. The van der Waals surface area contributed by atoms with Gasteiger partial charge in [0.2, 0.25) is 11.8 Å². The van der Waals surface area contributed by atoms with Crippen LogP contribution >= 0.6 is 11.9 Å². The van der Waals surface area contributed by atoms with Gasteiger partial charge in [-0.1, -0.05) is 26.0 Å². The van der Waals surface area contributed by atoms with Gasteiger partial charge >= 0.3 is 6.18 Å².